The summed E-state index contributed by atoms with van der Waals surface area (Å²) in [7, 11) is 0. The van der Waals surface area contributed by atoms with Crippen LogP contribution in [0.25, 0.3) is 12.2 Å². The quantitative estimate of drug-likeness (QED) is 0.477. The number of ketones is 1. The van der Waals surface area contributed by atoms with Crippen LogP contribution in [0.15, 0.2) is 59.7 Å². The summed E-state index contributed by atoms with van der Waals surface area (Å²) >= 11 is 0. The molecule has 1 saturated heterocycles. The largest absolute Gasteiger partial charge is 0.491 e. The number of piperidine rings is 1. The average Bonchev–Trinajstić information content (AvgIpc) is 2.73. The number of benzene rings is 2. The lowest BCUT2D eigenvalue weighted by Crippen LogP contribution is -2.38. The summed E-state index contributed by atoms with van der Waals surface area (Å²) in [6, 6.07) is 15.9. The first-order valence-corrected chi connectivity index (χ1v) is 11.6. The Morgan fingerprint density at radius 1 is 0.781 bits per heavy atom. The van der Waals surface area contributed by atoms with Crippen LogP contribution in [-0.2, 0) is 4.79 Å². The maximum atomic E-state index is 13.3. The molecule has 0 radical (unpaired) electrons. The molecule has 2 aromatic carbocycles. The molecule has 1 aliphatic rings. The van der Waals surface area contributed by atoms with Crippen molar-refractivity contribution in [2.45, 2.75) is 53.2 Å². The number of carbonyl (C=O) groups is 1. The highest BCUT2D eigenvalue weighted by atomic mass is 16.5. The van der Waals surface area contributed by atoms with Crippen LogP contribution < -0.4 is 9.47 Å². The number of nitrogens with zero attached hydrogens (tertiary/aromatic N) is 1. The van der Waals surface area contributed by atoms with Gasteiger partial charge in [0, 0.05) is 24.2 Å². The van der Waals surface area contributed by atoms with E-state index in [9.17, 15) is 4.79 Å². The smallest absolute Gasteiger partial charge is 0.187 e. The molecular weight excluding hydrogens is 398 g/mol. The lowest BCUT2D eigenvalue weighted by molar-refractivity contribution is -0.113. The third-order valence-corrected chi connectivity index (χ3v) is 5.10. The van der Waals surface area contributed by atoms with Gasteiger partial charge in [-0.05, 0) is 88.2 Å². The number of rotatable bonds is 8. The third kappa shape index (κ3) is 6.83. The summed E-state index contributed by atoms with van der Waals surface area (Å²) in [6.07, 6.45) is 5.35. The molecule has 0 atom stereocenters. The Hall–Kier alpha value is -2.85. The molecule has 0 aromatic heterocycles. The highest BCUT2D eigenvalue weighted by Gasteiger charge is 2.25. The first kappa shape index (κ1) is 23.8. The Morgan fingerprint density at radius 2 is 1.19 bits per heavy atom. The highest BCUT2D eigenvalue weighted by Crippen LogP contribution is 2.24. The number of Topliss-reactive ketones (excluding diaryl/α,β-unsaturated/α-hetero) is 1. The zero-order valence-corrected chi connectivity index (χ0v) is 19.9. The highest BCUT2D eigenvalue weighted by molar-refractivity contribution is 6.14. The monoisotopic (exact) mass is 433 g/mol. The Kier molecular flexibility index (Phi) is 8.29. The zero-order valence-electron chi connectivity index (χ0n) is 19.9. The molecule has 170 valence electrons. The topological polar surface area (TPSA) is 38.8 Å². The molecule has 4 nitrogen and oxygen atoms in total. The fraction of sp³-hybridized carbons (Fsp3) is 0.393. The van der Waals surface area contributed by atoms with Gasteiger partial charge in [-0.3, -0.25) is 9.69 Å². The van der Waals surface area contributed by atoms with Crippen molar-refractivity contribution in [3.8, 4) is 11.5 Å². The molecule has 1 heterocycles. The molecule has 0 saturated carbocycles. The third-order valence-electron chi connectivity index (χ3n) is 5.10. The SMILES string of the molecule is CCCN1C/C(=C\c2ccc(OC(C)C)cc2)C(=O)/C(=C/c2ccc(OC(C)C)cc2)C1. The molecule has 1 fully saturated rings. The van der Waals surface area contributed by atoms with E-state index in [0.717, 1.165) is 46.7 Å². The van der Waals surface area contributed by atoms with E-state index in [2.05, 4.69) is 11.8 Å². The Morgan fingerprint density at radius 3 is 1.53 bits per heavy atom. The van der Waals surface area contributed by atoms with Crippen molar-refractivity contribution in [3.05, 3.63) is 70.8 Å². The number of hydrogen-bond donors (Lipinski definition) is 0. The van der Waals surface area contributed by atoms with Crippen molar-refractivity contribution >= 4 is 17.9 Å². The van der Waals surface area contributed by atoms with Gasteiger partial charge in [-0.15, -0.1) is 0 Å². The van der Waals surface area contributed by atoms with Crippen LogP contribution >= 0.6 is 0 Å². The zero-order chi connectivity index (χ0) is 23.1. The summed E-state index contributed by atoms with van der Waals surface area (Å²) in [5.74, 6) is 1.81. The molecule has 1 aliphatic heterocycles. The van der Waals surface area contributed by atoms with Crippen LogP contribution in [0.3, 0.4) is 0 Å². The minimum atomic E-state index is 0.127. The van der Waals surface area contributed by atoms with Crippen LogP contribution in [-0.4, -0.2) is 42.5 Å². The van der Waals surface area contributed by atoms with E-state index in [1.807, 2.05) is 88.4 Å². The number of likely N-dealkylation sites (tertiary alicyclic amines) is 1. The fourth-order valence-electron chi connectivity index (χ4n) is 3.82. The van der Waals surface area contributed by atoms with Gasteiger partial charge in [-0.25, -0.2) is 0 Å². The molecule has 0 aliphatic carbocycles. The van der Waals surface area contributed by atoms with Crippen LogP contribution in [0.1, 0.15) is 52.2 Å². The van der Waals surface area contributed by atoms with Gasteiger partial charge < -0.3 is 9.47 Å². The van der Waals surface area contributed by atoms with Crippen LogP contribution in [0.5, 0.6) is 11.5 Å². The molecule has 4 heteroatoms. The summed E-state index contributed by atoms with van der Waals surface area (Å²) < 4.78 is 11.5. The summed E-state index contributed by atoms with van der Waals surface area (Å²) in [5.41, 5.74) is 3.68. The van der Waals surface area contributed by atoms with Crippen molar-refractivity contribution in [1.29, 1.82) is 0 Å². The maximum Gasteiger partial charge on any atom is 0.187 e. The minimum absolute atomic E-state index is 0.127. The van der Waals surface area contributed by atoms with E-state index in [4.69, 9.17) is 9.47 Å². The normalized spacial score (nSPS) is 17.5. The van der Waals surface area contributed by atoms with Gasteiger partial charge in [0.2, 0.25) is 0 Å². The Labute approximate surface area is 192 Å². The fourth-order valence-corrected chi connectivity index (χ4v) is 3.82. The molecule has 0 bridgehead atoms. The van der Waals surface area contributed by atoms with E-state index in [1.165, 1.54) is 0 Å². The predicted molar refractivity (Wildman–Crippen MR) is 132 cm³/mol. The first-order chi connectivity index (χ1) is 15.3. The van der Waals surface area contributed by atoms with Crippen LogP contribution in [0, 0.1) is 0 Å². The van der Waals surface area contributed by atoms with E-state index < -0.39 is 0 Å². The van der Waals surface area contributed by atoms with Crippen molar-refractivity contribution in [3.63, 3.8) is 0 Å². The maximum absolute atomic E-state index is 13.3. The van der Waals surface area contributed by atoms with Crippen molar-refractivity contribution in [2.75, 3.05) is 19.6 Å². The van der Waals surface area contributed by atoms with Crippen molar-refractivity contribution in [2.24, 2.45) is 0 Å². The molecule has 0 amide bonds. The standard InChI is InChI=1S/C28H35NO3/c1-6-15-29-18-24(16-22-7-11-26(12-8-22)31-20(2)3)28(30)25(19-29)17-23-9-13-27(14-10-23)32-21(4)5/h7-14,16-17,20-21H,6,15,18-19H2,1-5H3/b24-16+,25-17+. The van der Waals surface area contributed by atoms with Crippen LogP contribution in [0.2, 0.25) is 0 Å². The van der Waals surface area contributed by atoms with Gasteiger partial charge in [0.05, 0.1) is 12.2 Å². The second-order valence-corrected chi connectivity index (χ2v) is 8.85. The molecule has 0 unspecified atom stereocenters. The number of carbonyl (C=O) groups excluding carboxylic acids is 1. The number of hydrogen-bond acceptors (Lipinski definition) is 4. The van der Waals surface area contributed by atoms with Gasteiger partial charge >= 0.3 is 0 Å². The minimum Gasteiger partial charge on any atom is -0.491 e. The average molecular weight is 434 g/mol. The van der Waals surface area contributed by atoms with Gasteiger partial charge in [-0.2, -0.15) is 0 Å². The molecule has 0 N–H and O–H groups in total. The van der Waals surface area contributed by atoms with E-state index >= 15 is 0 Å². The lowest BCUT2D eigenvalue weighted by atomic mass is 9.94. The van der Waals surface area contributed by atoms with Crippen molar-refractivity contribution < 1.29 is 14.3 Å². The molecule has 32 heavy (non-hydrogen) atoms. The predicted octanol–water partition coefficient (Wildman–Crippen LogP) is 6.02. The van der Waals surface area contributed by atoms with E-state index in [-0.39, 0.29) is 18.0 Å². The van der Waals surface area contributed by atoms with Gasteiger partial charge in [0.15, 0.2) is 5.78 Å². The van der Waals surface area contributed by atoms with Gasteiger partial charge in [-0.1, -0.05) is 31.2 Å². The first-order valence-electron chi connectivity index (χ1n) is 11.6. The summed E-state index contributed by atoms with van der Waals surface area (Å²) in [6.45, 7) is 12.5. The summed E-state index contributed by atoms with van der Waals surface area (Å²) in [4.78, 5) is 15.6. The van der Waals surface area contributed by atoms with E-state index in [1.54, 1.807) is 0 Å². The lowest BCUT2D eigenvalue weighted by Gasteiger charge is -2.29. The Bertz CT molecular complexity index is 878. The van der Waals surface area contributed by atoms with Gasteiger partial charge in [0.25, 0.3) is 0 Å². The van der Waals surface area contributed by atoms with Gasteiger partial charge in [0.1, 0.15) is 11.5 Å². The molecule has 0 spiro atoms. The molecule has 2 aromatic rings. The van der Waals surface area contributed by atoms with Crippen LogP contribution in [0.4, 0.5) is 0 Å². The van der Waals surface area contributed by atoms with Crippen molar-refractivity contribution in [1.82, 2.24) is 4.90 Å². The molecule has 3 rings (SSSR count). The van der Waals surface area contributed by atoms with E-state index in [0.29, 0.717) is 13.1 Å². The second kappa shape index (κ2) is 11.1. The Balaban J connectivity index is 1.83. The number of ether oxygens (including phenoxy) is 2. The summed E-state index contributed by atoms with van der Waals surface area (Å²) in [5, 5.41) is 0. The molecular formula is C28H35NO3. The second-order valence-electron chi connectivity index (χ2n) is 8.85.